The van der Waals surface area contributed by atoms with Crippen LogP contribution < -0.4 is 14.8 Å². The van der Waals surface area contributed by atoms with Gasteiger partial charge >= 0.3 is 6.03 Å². The first-order chi connectivity index (χ1) is 15.0. The van der Waals surface area contributed by atoms with Crippen LogP contribution in [0.3, 0.4) is 0 Å². The molecular weight excluding hydrogens is 397 g/mol. The molecule has 2 aromatic carbocycles. The standard InChI is InChI=1S/C24H26FN3O3/c1-4-12-28(24(29)26-22-11-10-21(30-2)15-23(22)31-3)17-20-9-6-13-27(20)16-18-7-5-8-19(25)14-18/h4-11,13-15H,1,12,16-17H2,2-3H3,(H,26,29). The van der Waals surface area contributed by atoms with Crippen LogP contribution in [0.5, 0.6) is 11.5 Å². The first kappa shape index (κ1) is 22.0. The van der Waals surface area contributed by atoms with E-state index in [4.69, 9.17) is 9.47 Å². The Labute approximate surface area is 181 Å². The number of carbonyl (C=O) groups excluding carboxylic acids is 1. The number of benzene rings is 2. The summed E-state index contributed by atoms with van der Waals surface area (Å²) in [5.41, 5.74) is 2.31. The molecule has 0 atom stereocenters. The molecule has 162 valence electrons. The zero-order valence-electron chi connectivity index (χ0n) is 17.7. The summed E-state index contributed by atoms with van der Waals surface area (Å²) in [6.45, 7) is 4.99. The molecule has 0 radical (unpaired) electrons. The Morgan fingerprint density at radius 1 is 1.16 bits per heavy atom. The van der Waals surface area contributed by atoms with Crippen LogP contribution in [0.4, 0.5) is 14.9 Å². The third kappa shape index (κ3) is 5.66. The van der Waals surface area contributed by atoms with Crippen LogP contribution in [-0.4, -0.2) is 36.3 Å². The summed E-state index contributed by atoms with van der Waals surface area (Å²) >= 11 is 0. The summed E-state index contributed by atoms with van der Waals surface area (Å²) < 4.78 is 26.1. The van der Waals surface area contributed by atoms with E-state index in [2.05, 4.69) is 11.9 Å². The Morgan fingerprint density at radius 2 is 2.00 bits per heavy atom. The lowest BCUT2D eigenvalue weighted by Crippen LogP contribution is -2.35. The first-order valence-electron chi connectivity index (χ1n) is 9.81. The maximum Gasteiger partial charge on any atom is 0.322 e. The summed E-state index contributed by atoms with van der Waals surface area (Å²) in [5, 5.41) is 2.89. The van der Waals surface area contributed by atoms with Gasteiger partial charge in [0.1, 0.15) is 17.3 Å². The van der Waals surface area contributed by atoms with Gasteiger partial charge in [-0.25, -0.2) is 9.18 Å². The van der Waals surface area contributed by atoms with Gasteiger partial charge in [0, 0.05) is 31.0 Å². The van der Waals surface area contributed by atoms with Gasteiger partial charge in [-0.15, -0.1) is 6.58 Å². The molecule has 0 aliphatic rings. The van der Waals surface area contributed by atoms with Crippen molar-refractivity contribution in [1.82, 2.24) is 9.47 Å². The van der Waals surface area contributed by atoms with E-state index in [0.717, 1.165) is 11.3 Å². The molecular formula is C24H26FN3O3. The maximum atomic E-state index is 13.5. The van der Waals surface area contributed by atoms with Gasteiger partial charge < -0.3 is 24.3 Å². The van der Waals surface area contributed by atoms with Crippen LogP contribution in [0.25, 0.3) is 0 Å². The van der Waals surface area contributed by atoms with Crippen molar-refractivity contribution < 1.29 is 18.7 Å². The van der Waals surface area contributed by atoms with Crippen LogP contribution in [-0.2, 0) is 13.1 Å². The normalized spacial score (nSPS) is 10.4. The number of nitrogens with zero attached hydrogens (tertiary/aromatic N) is 2. The SMILES string of the molecule is C=CCN(Cc1cccn1Cc1cccc(F)c1)C(=O)Nc1ccc(OC)cc1OC. The monoisotopic (exact) mass is 423 g/mol. The highest BCUT2D eigenvalue weighted by molar-refractivity contribution is 5.91. The van der Waals surface area contributed by atoms with E-state index in [1.54, 1.807) is 42.4 Å². The molecule has 2 amide bonds. The Kier molecular flexibility index (Phi) is 7.32. The minimum Gasteiger partial charge on any atom is -0.497 e. The Bertz CT molecular complexity index is 1050. The molecule has 1 aromatic heterocycles. The Hall–Kier alpha value is -3.74. The van der Waals surface area contributed by atoms with Gasteiger partial charge in [0.2, 0.25) is 0 Å². The molecule has 0 aliphatic heterocycles. The third-order valence-corrected chi connectivity index (χ3v) is 4.81. The minimum absolute atomic E-state index is 0.271. The van der Waals surface area contributed by atoms with Crippen LogP contribution in [0, 0.1) is 5.82 Å². The van der Waals surface area contributed by atoms with Crippen LogP contribution in [0.15, 0.2) is 73.4 Å². The molecule has 0 saturated carbocycles. The number of rotatable bonds is 9. The maximum absolute atomic E-state index is 13.5. The number of urea groups is 1. The van der Waals surface area contributed by atoms with Gasteiger partial charge in [-0.1, -0.05) is 18.2 Å². The second-order valence-corrected chi connectivity index (χ2v) is 6.92. The molecule has 0 bridgehead atoms. The van der Waals surface area contributed by atoms with Crippen molar-refractivity contribution in [3.05, 3.63) is 90.5 Å². The predicted octanol–water partition coefficient (Wildman–Crippen LogP) is 4.91. The van der Waals surface area contributed by atoms with Gasteiger partial charge in [-0.05, 0) is 42.0 Å². The number of ether oxygens (including phenoxy) is 2. The largest absolute Gasteiger partial charge is 0.497 e. The van der Waals surface area contributed by atoms with Gasteiger partial charge in [-0.2, -0.15) is 0 Å². The number of carbonyl (C=O) groups is 1. The van der Waals surface area contributed by atoms with E-state index in [1.807, 2.05) is 29.0 Å². The number of halogens is 1. The zero-order valence-corrected chi connectivity index (χ0v) is 17.7. The number of hydrogen-bond donors (Lipinski definition) is 1. The van der Waals surface area contributed by atoms with Crippen molar-refractivity contribution >= 4 is 11.7 Å². The lowest BCUT2D eigenvalue weighted by atomic mass is 10.2. The Balaban J connectivity index is 1.75. The summed E-state index contributed by atoms with van der Waals surface area (Å²) in [4.78, 5) is 14.6. The van der Waals surface area contributed by atoms with E-state index >= 15 is 0 Å². The second-order valence-electron chi connectivity index (χ2n) is 6.92. The highest BCUT2D eigenvalue weighted by Crippen LogP contribution is 2.29. The second kappa shape index (κ2) is 10.3. The van der Waals surface area contributed by atoms with Crippen molar-refractivity contribution in [1.29, 1.82) is 0 Å². The summed E-state index contributed by atoms with van der Waals surface area (Å²) in [6.07, 6.45) is 3.58. The highest BCUT2D eigenvalue weighted by Gasteiger charge is 2.17. The molecule has 31 heavy (non-hydrogen) atoms. The number of hydrogen-bond acceptors (Lipinski definition) is 3. The first-order valence-corrected chi connectivity index (χ1v) is 9.81. The lowest BCUT2D eigenvalue weighted by Gasteiger charge is -2.23. The van der Waals surface area contributed by atoms with E-state index < -0.39 is 0 Å². The average Bonchev–Trinajstić information content (AvgIpc) is 3.20. The Morgan fingerprint density at radius 3 is 2.71 bits per heavy atom. The van der Waals surface area contributed by atoms with E-state index in [-0.39, 0.29) is 11.8 Å². The molecule has 0 unspecified atom stereocenters. The van der Waals surface area contributed by atoms with Crippen LogP contribution in [0.1, 0.15) is 11.3 Å². The quantitative estimate of drug-likeness (QED) is 0.498. The summed E-state index contributed by atoms with van der Waals surface area (Å²) in [6, 6.07) is 15.2. The fraction of sp³-hybridized carbons (Fsp3) is 0.208. The summed E-state index contributed by atoms with van der Waals surface area (Å²) in [5.74, 6) is 0.862. The topological polar surface area (TPSA) is 55.7 Å². The number of anilines is 1. The number of nitrogens with one attached hydrogen (secondary N) is 1. The number of aromatic nitrogens is 1. The van der Waals surface area contributed by atoms with Crippen LogP contribution in [0.2, 0.25) is 0 Å². The van der Waals surface area contributed by atoms with Gasteiger partial charge in [0.25, 0.3) is 0 Å². The summed E-state index contributed by atoms with van der Waals surface area (Å²) in [7, 11) is 3.10. The smallest absolute Gasteiger partial charge is 0.322 e. The molecule has 0 saturated heterocycles. The number of amides is 2. The molecule has 0 aliphatic carbocycles. The molecule has 6 nitrogen and oxygen atoms in total. The fourth-order valence-corrected chi connectivity index (χ4v) is 3.25. The van der Waals surface area contributed by atoms with Gasteiger partial charge in [0.15, 0.2) is 0 Å². The van der Waals surface area contributed by atoms with Gasteiger partial charge in [0.05, 0.1) is 26.5 Å². The van der Waals surface area contributed by atoms with Crippen molar-refractivity contribution in [2.24, 2.45) is 0 Å². The lowest BCUT2D eigenvalue weighted by molar-refractivity contribution is 0.213. The van der Waals surface area contributed by atoms with Crippen molar-refractivity contribution in [3.63, 3.8) is 0 Å². The third-order valence-electron chi connectivity index (χ3n) is 4.81. The average molecular weight is 423 g/mol. The molecule has 0 spiro atoms. The van der Waals surface area contributed by atoms with E-state index in [1.165, 1.54) is 19.2 Å². The number of methoxy groups -OCH3 is 2. The molecule has 7 heteroatoms. The van der Waals surface area contributed by atoms with Crippen LogP contribution >= 0.6 is 0 Å². The molecule has 0 fully saturated rings. The minimum atomic E-state index is -0.290. The van der Waals surface area contributed by atoms with E-state index in [9.17, 15) is 9.18 Å². The van der Waals surface area contributed by atoms with Gasteiger partial charge in [-0.3, -0.25) is 0 Å². The fourth-order valence-electron chi connectivity index (χ4n) is 3.25. The van der Waals surface area contributed by atoms with Crippen molar-refractivity contribution in [2.75, 3.05) is 26.1 Å². The molecule has 1 N–H and O–H groups in total. The molecule has 1 heterocycles. The van der Waals surface area contributed by atoms with E-state index in [0.29, 0.717) is 36.8 Å². The molecule has 3 aromatic rings. The molecule has 3 rings (SSSR count). The predicted molar refractivity (Wildman–Crippen MR) is 119 cm³/mol. The van der Waals surface area contributed by atoms with Crippen molar-refractivity contribution in [3.8, 4) is 11.5 Å². The highest BCUT2D eigenvalue weighted by atomic mass is 19.1. The zero-order chi connectivity index (χ0) is 22.2. The van der Waals surface area contributed by atoms with Crippen molar-refractivity contribution in [2.45, 2.75) is 13.1 Å².